The van der Waals surface area contributed by atoms with Gasteiger partial charge in [0.15, 0.2) is 5.96 Å². The molecule has 0 bridgehead atoms. The predicted molar refractivity (Wildman–Crippen MR) is 122 cm³/mol. The summed E-state index contributed by atoms with van der Waals surface area (Å²) in [7, 11) is 3.49. The van der Waals surface area contributed by atoms with Gasteiger partial charge in [-0.15, -0.1) is 0 Å². The Balaban J connectivity index is 1.47. The van der Waals surface area contributed by atoms with Gasteiger partial charge in [-0.1, -0.05) is 23.8 Å². The van der Waals surface area contributed by atoms with Crippen molar-refractivity contribution in [1.82, 2.24) is 15.6 Å². The Kier molecular flexibility index (Phi) is 7.90. The molecular formula is C23H33N5O2. The average Bonchev–Trinajstić information content (AvgIpc) is 2.76. The topological polar surface area (TPSA) is 71.0 Å². The zero-order valence-corrected chi connectivity index (χ0v) is 18.4. The number of aryl methyl sites for hydroxylation is 1. The fourth-order valence-corrected chi connectivity index (χ4v) is 3.56. The fraction of sp³-hybridized carbons (Fsp3) is 0.478. The number of anilines is 1. The highest BCUT2D eigenvalue weighted by molar-refractivity contribution is 5.79. The number of guanidine groups is 1. The molecule has 3 rings (SSSR count). The molecule has 1 unspecified atom stereocenters. The number of aromatic nitrogens is 1. The van der Waals surface area contributed by atoms with Gasteiger partial charge in [0, 0.05) is 39.4 Å². The molecule has 2 aromatic rings. The highest BCUT2D eigenvalue weighted by Gasteiger charge is 2.17. The molecule has 2 N–H and O–H groups in total. The van der Waals surface area contributed by atoms with Gasteiger partial charge in [0.05, 0.1) is 19.8 Å². The minimum absolute atomic E-state index is 0.246. The molecule has 0 spiro atoms. The molecule has 7 heteroatoms. The average molecular weight is 412 g/mol. The molecule has 1 aliphatic rings. The van der Waals surface area contributed by atoms with Gasteiger partial charge in [0.1, 0.15) is 11.6 Å². The number of benzene rings is 1. The standard InChI is InChI=1S/C23H33N5O2/c1-17-5-7-21(29-4)20(13-17)9-10-25-23(24-3)27-15-19-6-8-22(26-14-19)28-11-12-30-18(2)16-28/h5-8,13-14,18H,9-12,15-16H2,1-4H3,(H2,24,25,27). The lowest BCUT2D eigenvalue weighted by Gasteiger charge is -2.32. The van der Waals surface area contributed by atoms with E-state index in [9.17, 15) is 0 Å². The summed E-state index contributed by atoms with van der Waals surface area (Å²) in [4.78, 5) is 11.2. The zero-order chi connectivity index (χ0) is 21.3. The first-order valence-electron chi connectivity index (χ1n) is 10.5. The summed E-state index contributed by atoms with van der Waals surface area (Å²) in [6, 6.07) is 10.4. The quantitative estimate of drug-likeness (QED) is 0.539. The highest BCUT2D eigenvalue weighted by atomic mass is 16.5. The molecule has 0 saturated carbocycles. The van der Waals surface area contributed by atoms with Gasteiger partial charge < -0.3 is 25.0 Å². The van der Waals surface area contributed by atoms with Crippen molar-refractivity contribution in [1.29, 1.82) is 0 Å². The summed E-state index contributed by atoms with van der Waals surface area (Å²) in [5, 5.41) is 6.72. The number of nitrogens with zero attached hydrogens (tertiary/aromatic N) is 3. The first kappa shape index (κ1) is 21.9. The smallest absolute Gasteiger partial charge is 0.191 e. The van der Waals surface area contributed by atoms with Crippen LogP contribution in [0.2, 0.25) is 0 Å². The molecule has 1 saturated heterocycles. The van der Waals surface area contributed by atoms with Crippen LogP contribution in [0.1, 0.15) is 23.6 Å². The number of aliphatic imine (C=N–C) groups is 1. The number of morpholine rings is 1. The number of hydrogen-bond acceptors (Lipinski definition) is 5. The Labute approximate surface area is 179 Å². The van der Waals surface area contributed by atoms with E-state index in [1.165, 1.54) is 11.1 Å². The highest BCUT2D eigenvalue weighted by Crippen LogP contribution is 2.19. The second-order valence-corrected chi connectivity index (χ2v) is 7.57. The Morgan fingerprint density at radius 3 is 2.87 bits per heavy atom. The molecule has 0 radical (unpaired) electrons. The lowest BCUT2D eigenvalue weighted by Crippen LogP contribution is -2.41. The van der Waals surface area contributed by atoms with Crippen molar-refractivity contribution in [2.45, 2.75) is 32.9 Å². The third-order valence-electron chi connectivity index (χ3n) is 5.18. The third kappa shape index (κ3) is 6.10. The van der Waals surface area contributed by atoms with E-state index in [1.807, 2.05) is 12.3 Å². The Hall–Kier alpha value is -2.80. The maximum absolute atomic E-state index is 5.60. The van der Waals surface area contributed by atoms with Gasteiger partial charge >= 0.3 is 0 Å². The molecule has 1 aromatic carbocycles. The van der Waals surface area contributed by atoms with Crippen molar-refractivity contribution >= 4 is 11.8 Å². The Morgan fingerprint density at radius 2 is 2.17 bits per heavy atom. The predicted octanol–water partition coefficient (Wildman–Crippen LogP) is 2.53. The SMILES string of the molecule is CN=C(NCCc1cc(C)ccc1OC)NCc1ccc(N2CCOC(C)C2)nc1. The largest absolute Gasteiger partial charge is 0.496 e. The Morgan fingerprint density at radius 1 is 1.30 bits per heavy atom. The summed E-state index contributed by atoms with van der Waals surface area (Å²) in [6.45, 7) is 8.15. The van der Waals surface area contributed by atoms with E-state index >= 15 is 0 Å². The fourth-order valence-electron chi connectivity index (χ4n) is 3.56. The first-order valence-corrected chi connectivity index (χ1v) is 10.5. The second-order valence-electron chi connectivity index (χ2n) is 7.57. The number of ether oxygens (including phenoxy) is 2. The van der Waals surface area contributed by atoms with E-state index < -0.39 is 0 Å². The Bertz CT molecular complexity index is 838. The van der Waals surface area contributed by atoms with Gasteiger partial charge in [-0.25, -0.2) is 4.98 Å². The minimum Gasteiger partial charge on any atom is -0.496 e. The molecule has 0 aliphatic carbocycles. The van der Waals surface area contributed by atoms with Crippen molar-refractivity contribution in [2.24, 2.45) is 4.99 Å². The van der Waals surface area contributed by atoms with Crippen molar-refractivity contribution in [3.05, 3.63) is 53.2 Å². The summed E-state index contributed by atoms with van der Waals surface area (Å²) < 4.78 is 11.1. The van der Waals surface area contributed by atoms with E-state index in [4.69, 9.17) is 9.47 Å². The lowest BCUT2D eigenvalue weighted by atomic mass is 10.1. The molecule has 1 atom stereocenters. The van der Waals surface area contributed by atoms with Crippen LogP contribution in [0.15, 0.2) is 41.5 Å². The van der Waals surface area contributed by atoms with Crippen LogP contribution in [0.25, 0.3) is 0 Å². The molecule has 7 nitrogen and oxygen atoms in total. The van der Waals surface area contributed by atoms with Crippen LogP contribution in [0.4, 0.5) is 5.82 Å². The number of rotatable bonds is 7. The maximum atomic E-state index is 5.60. The lowest BCUT2D eigenvalue weighted by molar-refractivity contribution is 0.0529. The van der Waals surface area contributed by atoms with Gasteiger partial charge in [-0.05, 0) is 43.5 Å². The monoisotopic (exact) mass is 411 g/mol. The van der Waals surface area contributed by atoms with E-state index in [0.717, 1.165) is 55.8 Å². The summed E-state index contributed by atoms with van der Waals surface area (Å²) in [5.41, 5.74) is 3.54. The molecule has 1 fully saturated rings. The second kappa shape index (κ2) is 10.8. The number of hydrogen-bond donors (Lipinski definition) is 2. The first-order chi connectivity index (χ1) is 14.6. The van der Waals surface area contributed by atoms with Gasteiger partial charge in [0.25, 0.3) is 0 Å². The third-order valence-corrected chi connectivity index (χ3v) is 5.18. The van der Waals surface area contributed by atoms with Crippen molar-refractivity contribution < 1.29 is 9.47 Å². The van der Waals surface area contributed by atoms with Crippen molar-refractivity contribution in [3.63, 3.8) is 0 Å². The van der Waals surface area contributed by atoms with Crippen LogP contribution in [0, 0.1) is 6.92 Å². The van der Waals surface area contributed by atoms with E-state index in [0.29, 0.717) is 6.54 Å². The van der Waals surface area contributed by atoms with Crippen LogP contribution in [0.5, 0.6) is 5.75 Å². The van der Waals surface area contributed by atoms with Gasteiger partial charge in [0.2, 0.25) is 0 Å². The van der Waals surface area contributed by atoms with Crippen LogP contribution in [-0.2, 0) is 17.7 Å². The van der Waals surface area contributed by atoms with E-state index in [-0.39, 0.29) is 6.10 Å². The van der Waals surface area contributed by atoms with Crippen LogP contribution >= 0.6 is 0 Å². The molecule has 162 valence electrons. The summed E-state index contributed by atoms with van der Waals surface area (Å²) in [5.74, 6) is 2.70. The van der Waals surface area contributed by atoms with E-state index in [1.54, 1.807) is 14.2 Å². The van der Waals surface area contributed by atoms with E-state index in [2.05, 4.69) is 63.6 Å². The molecule has 0 amide bonds. The van der Waals surface area contributed by atoms with Gasteiger partial charge in [-0.3, -0.25) is 4.99 Å². The molecule has 2 heterocycles. The molecule has 30 heavy (non-hydrogen) atoms. The number of methoxy groups -OCH3 is 1. The number of pyridine rings is 1. The molecule has 1 aromatic heterocycles. The van der Waals surface area contributed by atoms with Crippen molar-refractivity contribution in [3.8, 4) is 5.75 Å². The summed E-state index contributed by atoms with van der Waals surface area (Å²) >= 11 is 0. The van der Waals surface area contributed by atoms with Crippen LogP contribution in [-0.4, -0.2) is 57.4 Å². The molecule has 1 aliphatic heterocycles. The normalized spacial score (nSPS) is 17.0. The van der Waals surface area contributed by atoms with Crippen LogP contribution in [0.3, 0.4) is 0 Å². The number of nitrogens with one attached hydrogen (secondary N) is 2. The maximum Gasteiger partial charge on any atom is 0.191 e. The zero-order valence-electron chi connectivity index (χ0n) is 18.4. The van der Waals surface area contributed by atoms with Crippen LogP contribution < -0.4 is 20.3 Å². The molecular weight excluding hydrogens is 378 g/mol. The van der Waals surface area contributed by atoms with Crippen molar-refractivity contribution in [2.75, 3.05) is 45.3 Å². The summed E-state index contributed by atoms with van der Waals surface area (Å²) in [6.07, 6.45) is 3.03. The van der Waals surface area contributed by atoms with Gasteiger partial charge in [-0.2, -0.15) is 0 Å². The minimum atomic E-state index is 0.246.